The van der Waals surface area contributed by atoms with E-state index in [2.05, 4.69) is 46.2 Å². The molecule has 0 saturated carbocycles. The SMILES string of the molecule is CCc1c2ccc(Br)cc2nn1C. The van der Waals surface area contributed by atoms with E-state index in [1.165, 1.54) is 11.1 Å². The zero-order chi connectivity index (χ0) is 9.42. The Morgan fingerprint density at radius 1 is 1.46 bits per heavy atom. The maximum Gasteiger partial charge on any atom is 0.0937 e. The highest BCUT2D eigenvalue weighted by Gasteiger charge is 2.06. The molecule has 0 amide bonds. The van der Waals surface area contributed by atoms with E-state index in [1.807, 2.05) is 11.7 Å². The summed E-state index contributed by atoms with van der Waals surface area (Å²) >= 11 is 3.44. The Morgan fingerprint density at radius 3 is 2.92 bits per heavy atom. The van der Waals surface area contributed by atoms with Crippen LogP contribution in [0.1, 0.15) is 12.6 Å². The first kappa shape index (κ1) is 8.75. The van der Waals surface area contributed by atoms with Crippen molar-refractivity contribution in [2.75, 3.05) is 0 Å². The summed E-state index contributed by atoms with van der Waals surface area (Å²) in [5.74, 6) is 0. The van der Waals surface area contributed by atoms with E-state index >= 15 is 0 Å². The topological polar surface area (TPSA) is 17.8 Å². The number of nitrogens with zero attached hydrogens (tertiary/aromatic N) is 2. The van der Waals surface area contributed by atoms with E-state index < -0.39 is 0 Å². The molecule has 0 saturated heterocycles. The zero-order valence-electron chi connectivity index (χ0n) is 7.71. The molecule has 0 aliphatic rings. The molecule has 2 aromatic rings. The Balaban J connectivity index is 2.79. The van der Waals surface area contributed by atoms with Crippen molar-refractivity contribution in [3.63, 3.8) is 0 Å². The molecule has 1 aromatic carbocycles. The molecule has 13 heavy (non-hydrogen) atoms. The zero-order valence-corrected chi connectivity index (χ0v) is 9.30. The standard InChI is InChI=1S/C10H11BrN2/c1-3-10-8-5-4-7(11)6-9(8)12-13(10)2/h4-6H,3H2,1-2H3. The highest BCUT2D eigenvalue weighted by atomic mass is 79.9. The number of hydrogen-bond donors (Lipinski definition) is 0. The van der Waals surface area contributed by atoms with Crippen LogP contribution in [-0.4, -0.2) is 9.78 Å². The minimum atomic E-state index is 1.02. The Hall–Kier alpha value is -0.830. The monoisotopic (exact) mass is 238 g/mol. The molecule has 0 spiro atoms. The summed E-state index contributed by atoms with van der Waals surface area (Å²) in [4.78, 5) is 0. The van der Waals surface area contributed by atoms with Gasteiger partial charge in [0.1, 0.15) is 0 Å². The van der Waals surface area contributed by atoms with Gasteiger partial charge in [-0.1, -0.05) is 22.9 Å². The second-order valence-corrected chi connectivity index (χ2v) is 4.00. The Labute approximate surface area is 85.7 Å². The molecule has 0 atom stereocenters. The first-order valence-electron chi connectivity index (χ1n) is 4.33. The number of hydrogen-bond acceptors (Lipinski definition) is 1. The van der Waals surface area contributed by atoms with E-state index in [1.54, 1.807) is 0 Å². The average Bonchev–Trinajstić information content (AvgIpc) is 2.39. The lowest BCUT2D eigenvalue weighted by Crippen LogP contribution is -1.95. The number of aromatic nitrogens is 2. The summed E-state index contributed by atoms with van der Waals surface area (Å²) in [6.45, 7) is 2.15. The third-order valence-electron chi connectivity index (χ3n) is 2.25. The molecule has 0 bridgehead atoms. The normalized spacial score (nSPS) is 11.0. The van der Waals surface area contributed by atoms with Crippen molar-refractivity contribution >= 4 is 26.8 Å². The van der Waals surface area contributed by atoms with Gasteiger partial charge in [-0.15, -0.1) is 0 Å². The quantitative estimate of drug-likeness (QED) is 0.748. The Morgan fingerprint density at radius 2 is 2.23 bits per heavy atom. The van der Waals surface area contributed by atoms with Crippen molar-refractivity contribution in [1.82, 2.24) is 9.78 Å². The number of halogens is 1. The third kappa shape index (κ3) is 1.37. The van der Waals surface area contributed by atoms with Gasteiger partial charge in [0.05, 0.1) is 5.52 Å². The molecular weight excluding hydrogens is 228 g/mol. The van der Waals surface area contributed by atoms with Crippen LogP contribution in [-0.2, 0) is 13.5 Å². The number of rotatable bonds is 1. The van der Waals surface area contributed by atoms with Gasteiger partial charge in [0, 0.05) is 22.6 Å². The molecule has 0 aliphatic heterocycles. The lowest BCUT2D eigenvalue weighted by molar-refractivity contribution is 0.728. The summed E-state index contributed by atoms with van der Waals surface area (Å²) in [7, 11) is 1.99. The maximum atomic E-state index is 4.43. The van der Waals surface area contributed by atoms with Gasteiger partial charge in [0.15, 0.2) is 0 Å². The summed E-state index contributed by atoms with van der Waals surface area (Å²) in [6, 6.07) is 6.23. The van der Waals surface area contributed by atoms with E-state index in [0.717, 1.165) is 16.4 Å². The van der Waals surface area contributed by atoms with Crippen LogP contribution in [0.5, 0.6) is 0 Å². The first-order valence-corrected chi connectivity index (χ1v) is 5.13. The van der Waals surface area contributed by atoms with Gasteiger partial charge in [-0.25, -0.2) is 0 Å². The lowest BCUT2D eigenvalue weighted by Gasteiger charge is -1.96. The van der Waals surface area contributed by atoms with Gasteiger partial charge in [-0.3, -0.25) is 4.68 Å². The molecule has 68 valence electrons. The van der Waals surface area contributed by atoms with E-state index in [-0.39, 0.29) is 0 Å². The minimum absolute atomic E-state index is 1.02. The van der Waals surface area contributed by atoms with Crippen molar-refractivity contribution < 1.29 is 0 Å². The smallest absolute Gasteiger partial charge is 0.0937 e. The molecule has 2 nitrogen and oxygen atoms in total. The van der Waals surface area contributed by atoms with Crippen molar-refractivity contribution in [2.45, 2.75) is 13.3 Å². The molecule has 3 heteroatoms. The summed E-state index contributed by atoms with van der Waals surface area (Å²) < 4.78 is 3.04. The highest BCUT2D eigenvalue weighted by Crippen LogP contribution is 2.22. The molecular formula is C10H11BrN2. The number of fused-ring (bicyclic) bond motifs is 1. The summed E-state index contributed by atoms with van der Waals surface area (Å²) in [6.07, 6.45) is 1.02. The predicted molar refractivity (Wildman–Crippen MR) is 57.8 cm³/mol. The summed E-state index contributed by atoms with van der Waals surface area (Å²) in [5.41, 5.74) is 2.36. The van der Waals surface area contributed by atoms with Gasteiger partial charge in [-0.2, -0.15) is 5.10 Å². The van der Waals surface area contributed by atoms with Crippen molar-refractivity contribution in [2.24, 2.45) is 7.05 Å². The third-order valence-corrected chi connectivity index (χ3v) is 2.75. The first-order chi connectivity index (χ1) is 6.22. The van der Waals surface area contributed by atoms with Gasteiger partial charge in [0.25, 0.3) is 0 Å². The highest BCUT2D eigenvalue weighted by molar-refractivity contribution is 9.10. The van der Waals surface area contributed by atoms with Crippen LogP contribution in [0, 0.1) is 0 Å². The molecule has 0 fully saturated rings. The molecule has 0 unspecified atom stereocenters. The molecule has 0 aliphatic carbocycles. The number of benzene rings is 1. The number of aryl methyl sites for hydroxylation is 2. The Kier molecular flexibility index (Phi) is 2.12. The minimum Gasteiger partial charge on any atom is -0.271 e. The largest absolute Gasteiger partial charge is 0.271 e. The van der Waals surface area contributed by atoms with Crippen LogP contribution in [0.15, 0.2) is 22.7 Å². The summed E-state index contributed by atoms with van der Waals surface area (Å²) in [5, 5.41) is 5.69. The maximum absolute atomic E-state index is 4.43. The van der Waals surface area contributed by atoms with Gasteiger partial charge in [0.2, 0.25) is 0 Å². The average molecular weight is 239 g/mol. The second-order valence-electron chi connectivity index (χ2n) is 3.09. The fraction of sp³-hybridized carbons (Fsp3) is 0.300. The van der Waals surface area contributed by atoms with Gasteiger partial charge < -0.3 is 0 Å². The van der Waals surface area contributed by atoms with Crippen molar-refractivity contribution in [1.29, 1.82) is 0 Å². The predicted octanol–water partition coefficient (Wildman–Crippen LogP) is 2.90. The van der Waals surface area contributed by atoms with Crippen molar-refractivity contribution in [3.05, 3.63) is 28.4 Å². The van der Waals surface area contributed by atoms with E-state index in [0.29, 0.717) is 0 Å². The van der Waals surface area contributed by atoms with Crippen LogP contribution >= 0.6 is 15.9 Å². The van der Waals surface area contributed by atoms with Crippen LogP contribution in [0.4, 0.5) is 0 Å². The van der Waals surface area contributed by atoms with Crippen LogP contribution in [0.2, 0.25) is 0 Å². The van der Waals surface area contributed by atoms with E-state index in [4.69, 9.17) is 0 Å². The van der Waals surface area contributed by atoms with Gasteiger partial charge >= 0.3 is 0 Å². The molecule has 0 N–H and O–H groups in total. The molecule has 2 rings (SSSR count). The lowest BCUT2D eigenvalue weighted by atomic mass is 10.2. The second kappa shape index (κ2) is 3.14. The van der Waals surface area contributed by atoms with Crippen LogP contribution in [0.3, 0.4) is 0 Å². The van der Waals surface area contributed by atoms with Crippen molar-refractivity contribution in [3.8, 4) is 0 Å². The van der Waals surface area contributed by atoms with Crippen LogP contribution < -0.4 is 0 Å². The molecule has 1 heterocycles. The van der Waals surface area contributed by atoms with Gasteiger partial charge in [-0.05, 0) is 24.6 Å². The van der Waals surface area contributed by atoms with Crippen LogP contribution in [0.25, 0.3) is 10.9 Å². The molecule has 1 aromatic heterocycles. The molecule has 0 radical (unpaired) electrons. The fourth-order valence-electron chi connectivity index (χ4n) is 1.65. The Bertz CT molecular complexity index is 445. The van der Waals surface area contributed by atoms with E-state index in [9.17, 15) is 0 Å². The fourth-order valence-corrected chi connectivity index (χ4v) is 2.00.